The molecule has 0 bridgehead atoms. The van der Waals surface area contributed by atoms with E-state index in [1.807, 2.05) is 0 Å². The SMILES string of the molecule is CC(=O)Nc1cn(C)c(C(=O)Nc2cc(C(=O)NCCC(=O)Nc3cn(C)c(C(=O)Nc4cn(C)c(C(=O)Nc5cc(C(=O)Nc6cn(C)c(C(=O)NCCCC(=O)Nc7cc(C(=O)Nc8cn(C)c(C(=O)NCCC(=O)Nc9cc(C(=O)Nc%10cc(C(=O)Nc%11ccc%12[nH]c(C(=O)NCCC(=O)N(C)C)cc%12c%11)n(C)c%10)n(C)c9)n8)n(C)c7)n6)n(C)c5)n4)n3)n(C)c2)n1. The second-order valence-corrected chi connectivity index (χ2v) is 30.1. The molecule has 0 atom stereocenters. The topological polar surface area (TPSA) is 586 Å². The normalized spacial score (nSPS) is 11.0. The third-order valence-electron chi connectivity index (χ3n) is 19.6. The summed E-state index contributed by atoms with van der Waals surface area (Å²) in [6.07, 6.45) is 14.6. The van der Waals surface area contributed by atoms with E-state index in [-0.39, 0.29) is 185 Å². The Labute approximate surface area is 732 Å². The van der Waals surface area contributed by atoms with Gasteiger partial charge in [-0.2, -0.15) is 0 Å². The van der Waals surface area contributed by atoms with Gasteiger partial charge in [0.25, 0.3) is 65.0 Å². The fraction of sp³-hybridized carbons (Fsp3) is 0.272. The maximum atomic E-state index is 13.6. The van der Waals surface area contributed by atoms with Crippen molar-refractivity contribution in [3.8, 4) is 0 Å². The summed E-state index contributed by atoms with van der Waals surface area (Å²) in [5.41, 5.74) is 3.52. The van der Waals surface area contributed by atoms with Gasteiger partial charge in [0.2, 0.25) is 58.7 Å². The molecule has 672 valence electrons. The number of benzene rings is 1. The maximum absolute atomic E-state index is 13.6. The molecule has 12 aromatic rings. The second kappa shape index (κ2) is 39.1. The zero-order valence-corrected chi connectivity index (χ0v) is 72.0. The van der Waals surface area contributed by atoms with E-state index in [0.29, 0.717) is 28.0 Å². The van der Waals surface area contributed by atoms with E-state index < -0.39 is 76.8 Å². The highest BCUT2D eigenvalue weighted by Gasteiger charge is 2.28. The molecule has 48 heteroatoms. The van der Waals surface area contributed by atoms with E-state index in [0.717, 1.165) is 0 Å². The van der Waals surface area contributed by atoms with Crippen LogP contribution in [-0.2, 0) is 94.4 Å². The van der Waals surface area contributed by atoms with Crippen molar-refractivity contribution in [3.05, 3.63) is 180 Å². The molecule has 11 heterocycles. The van der Waals surface area contributed by atoms with E-state index in [1.165, 1.54) is 165 Å². The fourth-order valence-electron chi connectivity index (χ4n) is 13.3. The smallest absolute Gasteiger partial charge is 0.292 e. The van der Waals surface area contributed by atoms with Gasteiger partial charge in [-0.05, 0) is 61.0 Å². The molecule has 0 aliphatic heterocycles. The molecule has 1 aromatic carbocycles. The van der Waals surface area contributed by atoms with Crippen molar-refractivity contribution < 1.29 is 76.7 Å². The quantitative estimate of drug-likeness (QED) is 0.0254. The predicted molar refractivity (Wildman–Crippen MR) is 468 cm³/mol. The van der Waals surface area contributed by atoms with Gasteiger partial charge in [0, 0.05) is 222 Å². The minimum absolute atomic E-state index is 0.0100. The van der Waals surface area contributed by atoms with Crippen LogP contribution >= 0.6 is 0 Å². The molecule has 129 heavy (non-hydrogen) atoms. The molecule has 0 aliphatic rings. The van der Waals surface area contributed by atoms with E-state index in [9.17, 15) is 76.7 Å². The second-order valence-electron chi connectivity index (χ2n) is 30.1. The van der Waals surface area contributed by atoms with Gasteiger partial charge in [-0.25, -0.2) is 24.9 Å². The number of nitrogens with zero attached hydrogens (tertiary/aromatic N) is 16. The molecule has 16 amide bonds. The van der Waals surface area contributed by atoms with Gasteiger partial charge in [-0.15, -0.1) is 0 Å². The summed E-state index contributed by atoms with van der Waals surface area (Å²) >= 11 is 0. The molecule has 0 fully saturated rings. The van der Waals surface area contributed by atoms with Gasteiger partial charge in [-0.3, -0.25) is 76.7 Å². The average Bonchev–Trinajstić information content (AvgIpc) is 1.66. The summed E-state index contributed by atoms with van der Waals surface area (Å²) in [4.78, 5) is 234. The number of carbonyl (C=O) groups is 16. The highest BCUT2D eigenvalue weighted by Crippen LogP contribution is 2.26. The summed E-state index contributed by atoms with van der Waals surface area (Å²) in [5, 5.41) is 40.7. The number of carbonyl (C=O) groups excluding carboxylic acids is 16. The Balaban J connectivity index is 0.523. The molecular formula is C81H92N32O16. The van der Waals surface area contributed by atoms with Gasteiger partial charge in [0.1, 0.15) is 34.2 Å². The summed E-state index contributed by atoms with van der Waals surface area (Å²) in [5.74, 6) is -8.64. The van der Waals surface area contributed by atoms with E-state index in [2.05, 4.69) is 110 Å². The minimum Gasteiger partial charge on any atom is -0.351 e. The number of fused-ring (bicyclic) bond motifs is 1. The largest absolute Gasteiger partial charge is 0.351 e. The Kier molecular flexibility index (Phi) is 27.5. The third kappa shape index (κ3) is 22.6. The van der Waals surface area contributed by atoms with Crippen molar-refractivity contribution in [1.29, 1.82) is 0 Å². The number of amides is 16. The number of aromatic amines is 1. The van der Waals surface area contributed by atoms with Crippen LogP contribution in [0.5, 0.6) is 0 Å². The first-order valence-corrected chi connectivity index (χ1v) is 39.6. The lowest BCUT2D eigenvalue weighted by molar-refractivity contribution is -0.128. The molecule has 11 aromatic heterocycles. The lowest BCUT2D eigenvalue weighted by atomic mass is 10.2. The first kappa shape index (κ1) is 90.9. The van der Waals surface area contributed by atoms with E-state index in [1.54, 1.807) is 93.9 Å². The zero-order chi connectivity index (χ0) is 93.1. The summed E-state index contributed by atoms with van der Waals surface area (Å²) in [7, 11) is 18.9. The number of rotatable bonds is 35. The van der Waals surface area contributed by atoms with Gasteiger partial charge >= 0.3 is 0 Å². The molecule has 0 radical (unpaired) electrons. The summed E-state index contributed by atoms with van der Waals surface area (Å²) < 4.78 is 14.3. The molecule has 48 nitrogen and oxygen atoms in total. The molecule has 16 N–H and O–H groups in total. The van der Waals surface area contributed by atoms with E-state index in [4.69, 9.17) is 0 Å². The van der Waals surface area contributed by atoms with Crippen LogP contribution in [0, 0.1) is 0 Å². The average molecular weight is 1770 g/mol. The number of aromatic nitrogens is 16. The van der Waals surface area contributed by atoms with Crippen LogP contribution in [0.3, 0.4) is 0 Å². The number of hydrogen-bond donors (Lipinski definition) is 16. The van der Waals surface area contributed by atoms with Gasteiger partial charge in [0.05, 0.1) is 28.4 Å². The predicted octanol–water partition coefficient (Wildman–Crippen LogP) is 3.13. The molecule has 0 saturated carbocycles. The van der Waals surface area contributed by atoms with Crippen molar-refractivity contribution in [1.82, 2.24) is 102 Å². The van der Waals surface area contributed by atoms with Gasteiger partial charge in [0.15, 0.2) is 29.1 Å². The Morgan fingerprint density at radius 1 is 0.295 bits per heavy atom. The Morgan fingerprint density at radius 3 is 1.02 bits per heavy atom. The van der Waals surface area contributed by atoms with Gasteiger partial charge < -0.3 is 135 Å². The van der Waals surface area contributed by atoms with Crippen LogP contribution in [0.2, 0.25) is 0 Å². The van der Waals surface area contributed by atoms with Crippen LogP contribution in [-0.4, -0.2) is 215 Å². The highest BCUT2D eigenvalue weighted by molar-refractivity contribution is 6.11. The molecular weight excluding hydrogens is 1680 g/mol. The molecule has 12 rings (SSSR count). The maximum Gasteiger partial charge on any atom is 0.292 e. The molecule has 0 aliphatic carbocycles. The van der Waals surface area contributed by atoms with Crippen LogP contribution in [0.4, 0.5) is 63.2 Å². The fourth-order valence-corrected chi connectivity index (χ4v) is 13.3. The summed E-state index contributed by atoms with van der Waals surface area (Å²) in [6, 6.07) is 13.9. The van der Waals surface area contributed by atoms with Crippen molar-refractivity contribution in [2.45, 2.75) is 39.0 Å². The van der Waals surface area contributed by atoms with Crippen molar-refractivity contribution in [3.63, 3.8) is 0 Å². The monoisotopic (exact) mass is 1770 g/mol. The molecule has 0 spiro atoms. The highest BCUT2D eigenvalue weighted by atomic mass is 16.2. The number of anilines is 11. The van der Waals surface area contributed by atoms with Crippen LogP contribution in [0.25, 0.3) is 10.9 Å². The van der Waals surface area contributed by atoms with Crippen LogP contribution in [0.1, 0.15) is 155 Å². The Morgan fingerprint density at radius 2 is 0.605 bits per heavy atom. The number of nitrogens with one attached hydrogen (secondary N) is 16. The number of imidazole rings is 5. The number of hydrogen-bond acceptors (Lipinski definition) is 21. The summed E-state index contributed by atoms with van der Waals surface area (Å²) in [6.45, 7) is 1.31. The van der Waals surface area contributed by atoms with Crippen molar-refractivity contribution in [2.75, 3.05) is 98.8 Å². The lowest BCUT2D eigenvalue weighted by Crippen LogP contribution is -2.30. The van der Waals surface area contributed by atoms with Crippen LogP contribution in [0.15, 0.2) is 117 Å². The van der Waals surface area contributed by atoms with Crippen molar-refractivity contribution in [2.24, 2.45) is 70.5 Å². The zero-order valence-electron chi connectivity index (χ0n) is 72.0. The van der Waals surface area contributed by atoms with Crippen LogP contribution < -0.4 is 79.8 Å². The molecule has 0 saturated heterocycles. The Hall–Kier alpha value is -17.3. The molecule has 0 unspecified atom stereocenters. The number of H-pyrrole nitrogens is 1. The first-order valence-electron chi connectivity index (χ1n) is 39.6. The van der Waals surface area contributed by atoms with Crippen molar-refractivity contribution >= 4 is 169 Å². The third-order valence-corrected chi connectivity index (χ3v) is 19.6. The standard InChI is InChI=1S/C81H92N32O16/c1-42(114)86-57-37-111(11)68(95-57)79(127)91-48-29-52(104(4)35-48)72(120)84-22-19-64(117)94-58-38-112(12)70(96-58)81(129)102-61-41-113(13)69(99-61)80(128)92-49-31-56(108(8)36-49)76(124)101-59-39-109(9)66(97-59)77(125)82-21-14-15-62(115)87-45-28-55(106(6)32-45)75(123)100-60-40-110(10)67(98-60)78(126)85-23-18-63(116)88-46-27-53(105(5)33-46)74(122)90-47-30-54(107(7)34-47)73(121)89-44-16-17-50-43(25-44)26-51(93-50)71(119)83-24-20-65(118)103(2)3/h16-17,25-41,93H,14-15,18-24H2,1-13H3,(H,82,125)(H,83,119)(H,84,120)(H,85,126)(H,86,114)(H,87,115)(H,88,116)(H,89,121)(H,90,122)(H,91,127)(H,92,128)(H,94,117)(H,100,123)(H,101,124)(H,102,129). The van der Waals surface area contributed by atoms with Gasteiger partial charge in [-0.1, -0.05) is 0 Å². The first-order chi connectivity index (χ1) is 61.3. The lowest BCUT2D eigenvalue weighted by Gasteiger charge is -2.10. The minimum atomic E-state index is -0.740. The Bertz CT molecular complexity index is 6490. The van der Waals surface area contributed by atoms with E-state index >= 15 is 0 Å². The number of aryl methyl sites for hydroxylation is 10.